The van der Waals surface area contributed by atoms with E-state index in [0.29, 0.717) is 28.2 Å². The van der Waals surface area contributed by atoms with Crippen LogP contribution in [0.4, 0.5) is 5.69 Å². The fourth-order valence-electron chi connectivity index (χ4n) is 5.37. The zero-order chi connectivity index (χ0) is 27.4. The predicted molar refractivity (Wildman–Crippen MR) is 163 cm³/mol. The maximum absolute atomic E-state index is 12.1. The number of aliphatic imine (C=N–C) groups is 1. The van der Waals surface area contributed by atoms with E-state index >= 15 is 0 Å². The number of rotatable bonds is 8. The molecule has 2 aromatic carbocycles. The number of hydrogen-bond donors (Lipinski definition) is 1. The van der Waals surface area contributed by atoms with Crippen LogP contribution in [0.15, 0.2) is 82.3 Å². The first-order valence-electron chi connectivity index (χ1n) is 13.4. The first kappa shape index (κ1) is 28.1. The molecule has 0 aliphatic carbocycles. The van der Waals surface area contributed by atoms with Crippen molar-refractivity contribution in [3.05, 3.63) is 82.3 Å². The van der Waals surface area contributed by atoms with Gasteiger partial charge >= 0.3 is 0 Å². The van der Waals surface area contributed by atoms with Gasteiger partial charge in [-0.05, 0) is 86.8 Å². The monoisotopic (exact) mass is 582 g/mol. The van der Waals surface area contributed by atoms with Crippen LogP contribution < -0.4 is 5.73 Å². The SMILES string of the molecule is CS(=O)(=O)c1cccc(-c2ccc(C(C=C(N)CN3CCC(N4CCCC4)CC3)=Nc3ccccc3Cl)s2)c1. The Balaban J connectivity index is 1.38. The molecule has 2 aliphatic rings. The van der Waals surface area contributed by atoms with Crippen molar-refractivity contribution in [1.82, 2.24) is 9.80 Å². The summed E-state index contributed by atoms with van der Waals surface area (Å²) < 4.78 is 24.2. The van der Waals surface area contributed by atoms with Gasteiger partial charge in [-0.15, -0.1) is 11.3 Å². The number of nitrogens with zero attached hydrogens (tertiary/aromatic N) is 3. The third-order valence-electron chi connectivity index (χ3n) is 7.44. The second-order valence-corrected chi connectivity index (χ2v) is 13.9. The summed E-state index contributed by atoms with van der Waals surface area (Å²) in [6.45, 7) is 5.29. The first-order valence-corrected chi connectivity index (χ1v) is 16.5. The normalized spacial score (nSPS) is 18.6. The Kier molecular flexibility index (Phi) is 8.89. The average Bonchev–Trinajstić information content (AvgIpc) is 3.63. The van der Waals surface area contributed by atoms with Gasteiger partial charge in [0.2, 0.25) is 0 Å². The number of allylic oxidation sites excluding steroid dienone is 1. The molecule has 0 spiro atoms. The summed E-state index contributed by atoms with van der Waals surface area (Å²) in [7, 11) is -3.29. The van der Waals surface area contributed by atoms with E-state index in [0.717, 1.165) is 39.8 Å². The van der Waals surface area contributed by atoms with E-state index in [4.69, 9.17) is 22.3 Å². The molecule has 206 valence electrons. The number of sulfone groups is 1. The fraction of sp³-hybridized carbons (Fsp3) is 0.367. The van der Waals surface area contributed by atoms with Crippen LogP contribution in [-0.2, 0) is 9.84 Å². The second-order valence-electron chi connectivity index (χ2n) is 10.4. The molecule has 2 N–H and O–H groups in total. The van der Waals surface area contributed by atoms with Gasteiger partial charge in [-0.25, -0.2) is 13.4 Å². The molecule has 0 radical (unpaired) electrons. The van der Waals surface area contributed by atoms with Crippen molar-refractivity contribution >= 4 is 44.2 Å². The van der Waals surface area contributed by atoms with Crippen LogP contribution in [0, 0.1) is 0 Å². The first-order chi connectivity index (χ1) is 18.8. The Morgan fingerprint density at radius 1 is 1.05 bits per heavy atom. The second kappa shape index (κ2) is 12.4. The van der Waals surface area contributed by atoms with Crippen LogP contribution >= 0.6 is 22.9 Å². The molecule has 2 fully saturated rings. The molecular weight excluding hydrogens is 548 g/mol. The quantitative estimate of drug-likeness (QED) is 0.330. The minimum Gasteiger partial charge on any atom is -0.401 e. The lowest BCUT2D eigenvalue weighted by Gasteiger charge is -2.36. The molecule has 3 heterocycles. The smallest absolute Gasteiger partial charge is 0.175 e. The summed E-state index contributed by atoms with van der Waals surface area (Å²) >= 11 is 8.00. The summed E-state index contributed by atoms with van der Waals surface area (Å²) in [6, 6.07) is 19.2. The largest absolute Gasteiger partial charge is 0.401 e. The molecular formula is C30H35ClN4O2S2. The number of likely N-dealkylation sites (tertiary alicyclic amines) is 2. The van der Waals surface area contributed by atoms with Crippen molar-refractivity contribution in [2.45, 2.75) is 36.6 Å². The van der Waals surface area contributed by atoms with Crippen molar-refractivity contribution in [2.75, 3.05) is 39.0 Å². The molecule has 5 rings (SSSR count). The van der Waals surface area contributed by atoms with Gasteiger partial charge in [0.25, 0.3) is 0 Å². The lowest BCUT2D eigenvalue weighted by Crippen LogP contribution is -2.44. The Morgan fingerprint density at radius 2 is 1.79 bits per heavy atom. The van der Waals surface area contributed by atoms with Crippen molar-refractivity contribution < 1.29 is 8.42 Å². The van der Waals surface area contributed by atoms with Crippen LogP contribution in [0.1, 0.15) is 30.6 Å². The van der Waals surface area contributed by atoms with Crippen LogP contribution in [0.3, 0.4) is 0 Å². The van der Waals surface area contributed by atoms with Crippen LogP contribution in [-0.4, -0.2) is 69.0 Å². The number of piperidine rings is 1. The van der Waals surface area contributed by atoms with E-state index in [1.165, 1.54) is 45.0 Å². The average molecular weight is 583 g/mol. The highest BCUT2D eigenvalue weighted by Crippen LogP contribution is 2.32. The Hall–Kier alpha value is -2.49. The molecule has 39 heavy (non-hydrogen) atoms. The van der Waals surface area contributed by atoms with Crippen LogP contribution in [0.5, 0.6) is 0 Å². The highest BCUT2D eigenvalue weighted by Gasteiger charge is 2.26. The molecule has 0 atom stereocenters. The van der Waals surface area contributed by atoms with Gasteiger partial charge in [0.05, 0.1) is 26.2 Å². The summed E-state index contributed by atoms with van der Waals surface area (Å²) in [5.41, 5.74) is 9.64. The number of benzene rings is 2. The summed E-state index contributed by atoms with van der Waals surface area (Å²) in [5.74, 6) is 0. The summed E-state index contributed by atoms with van der Waals surface area (Å²) in [6.07, 6.45) is 8.22. The fourth-order valence-corrected chi connectivity index (χ4v) is 7.18. The van der Waals surface area contributed by atoms with Gasteiger partial charge < -0.3 is 10.6 Å². The molecule has 9 heteroatoms. The highest BCUT2D eigenvalue weighted by atomic mass is 35.5. The minimum atomic E-state index is -3.29. The van der Waals surface area contributed by atoms with Crippen molar-refractivity contribution in [2.24, 2.45) is 10.7 Å². The lowest BCUT2D eigenvalue weighted by atomic mass is 10.0. The predicted octanol–water partition coefficient (Wildman–Crippen LogP) is 6.00. The van der Waals surface area contributed by atoms with Gasteiger partial charge in [0, 0.05) is 42.5 Å². The topological polar surface area (TPSA) is 79.0 Å². The molecule has 2 saturated heterocycles. The van der Waals surface area contributed by atoms with E-state index in [9.17, 15) is 8.42 Å². The molecule has 0 unspecified atom stereocenters. The standard InChI is InChI=1S/C30H35ClN4O2S2/c1-39(36,37)25-8-6-7-22(19-25)29-11-12-30(38-29)28(33-27-10-3-2-9-26(27)31)20-23(32)21-34-17-13-24(14-18-34)35-15-4-5-16-35/h2-3,6-12,19-20,24H,4-5,13-18,21,32H2,1H3. The third-order valence-corrected chi connectivity index (χ3v) is 10.0. The van der Waals surface area contributed by atoms with E-state index < -0.39 is 9.84 Å². The van der Waals surface area contributed by atoms with Crippen LogP contribution in [0.25, 0.3) is 10.4 Å². The summed E-state index contributed by atoms with van der Waals surface area (Å²) in [4.78, 5) is 12.2. The van der Waals surface area contributed by atoms with Crippen molar-refractivity contribution in [3.63, 3.8) is 0 Å². The van der Waals surface area contributed by atoms with Gasteiger partial charge in [-0.1, -0.05) is 35.9 Å². The number of thiophene rings is 1. The Labute approximate surface area is 240 Å². The summed E-state index contributed by atoms with van der Waals surface area (Å²) in [5, 5.41) is 0.573. The number of halogens is 1. The molecule has 0 amide bonds. The van der Waals surface area contributed by atoms with Crippen molar-refractivity contribution in [1.29, 1.82) is 0 Å². The zero-order valence-electron chi connectivity index (χ0n) is 22.2. The lowest BCUT2D eigenvalue weighted by molar-refractivity contribution is 0.133. The molecule has 3 aromatic rings. The van der Waals surface area contributed by atoms with Gasteiger partial charge in [-0.2, -0.15) is 0 Å². The third kappa shape index (κ3) is 7.18. The molecule has 1 aromatic heterocycles. The van der Waals surface area contributed by atoms with Gasteiger partial charge in [0.15, 0.2) is 9.84 Å². The number of nitrogens with two attached hydrogens (primary N) is 1. The molecule has 0 bridgehead atoms. The van der Waals surface area contributed by atoms with E-state index in [1.807, 2.05) is 48.5 Å². The minimum absolute atomic E-state index is 0.303. The zero-order valence-corrected chi connectivity index (χ0v) is 24.6. The maximum Gasteiger partial charge on any atom is 0.175 e. The maximum atomic E-state index is 12.1. The van der Waals surface area contributed by atoms with Gasteiger partial charge in [-0.3, -0.25) is 4.90 Å². The van der Waals surface area contributed by atoms with E-state index in [1.54, 1.807) is 29.5 Å². The number of hydrogen-bond acceptors (Lipinski definition) is 7. The Morgan fingerprint density at radius 3 is 2.51 bits per heavy atom. The van der Waals surface area contributed by atoms with E-state index in [-0.39, 0.29) is 0 Å². The van der Waals surface area contributed by atoms with E-state index in [2.05, 4.69) is 9.80 Å². The highest BCUT2D eigenvalue weighted by molar-refractivity contribution is 7.90. The van der Waals surface area contributed by atoms with Crippen LogP contribution in [0.2, 0.25) is 5.02 Å². The number of para-hydroxylation sites is 1. The Bertz CT molecular complexity index is 1470. The van der Waals surface area contributed by atoms with Crippen molar-refractivity contribution in [3.8, 4) is 10.4 Å². The molecule has 6 nitrogen and oxygen atoms in total. The van der Waals surface area contributed by atoms with Gasteiger partial charge in [0.1, 0.15) is 0 Å². The molecule has 2 aliphatic heterocycles. The molecule has 0 saturated carbocycles.